The largest absolute Gasteiger partial charge is 0.381 e. The number of nitrogens with two attached hydrogens (primary N) is 1. The van der Waals surface area contributed by atoms with Gasteiger partial charge >= 0.3 is 0 Å². The van der Waals surface area contributed by atoms with E-state index >= 15 is 0 Å². The normalized spacial score (nSPS) is 17.0. The van der Waals surface area contributed by atoms with Crippen molar-refractivity contribution in [2.75, 3.05) is 19.8 Å². The molecule has 1 aliphatic rings. The highest BCUT2D eigenvalue weighted by Crippen LogP contribution is 2.33. The van der Waals surface area contributed by atoms with Crippen LogP contribution in [0.1, 0.15) is 18.7 Å². The molecule has 0 saturated carbocycles. The van der Waals surface area contributed by atoms with Crippen LogP contribution in [0.4, 0.5) is 8.78 Å². The van der Waals surface area contributed by atoms with Gasteiger partial charge in [0.15, 0.2) is 11.6 Å². The molecule has 120 valence electrons. The van der Waals surface area contributed by atoms with E-state index in [1.807, 2.05) is 0 Å². The zero-order valence-corrected chi connectivity index (χ0v) is 12.5. The van der Waals surface area contributed by atoms with Crippen LogP contribution in [0.2, 0.25) is 0 Å². The molecule has 2 N–H and O–H groups in total. The van der Waals surface area contributed by atoms with Crippen LogP contribution in [0, 0.1) is 11.6 Å². The first-order valence-corrected chi connectivity index (χ1v) is 6.72. The fraction of sp³-hybridized carbons (Fsp3) is 0.429. The van der Waals surface area contributed by atoms with Crippen molar-refractivity contribution in [1.82, 2.24) is 10.1 Å². The number of rotatable bonds is 3. The molecule has 1 aromatic heterocycles. The van der Waals surface area contributed by atoms with Crippen molar-refractivity contribution in [3.63, 3.8) is 0 Å². The Hall–Kier alpha value is -1.57. The highest BCUT2D eigenvalue weighted by molar-refractivity contribution is 5.85. The second kappa shape index (κ2) is 6.68. The molecule has 22 heavy (non-hydrogen) atoms. The average Bonchev–Trinajstić information content (AvgIpc) is 3.01. The van der Waals surface area contributed by atoms with Gasteiger partial charge in [0.1, 0.15) is 0 Å². The van der Waals surface area contributed by atoms with Crippen molar-refractivity contribution >= 4 is 12.4 Å². The predicted octanol–water partition coefficient (Wildman–Crippen LogP) is 2.44. The molecule has 0 atom stereocenters. The van der Waals surface area contributed by atoms with Gasteiger partial charge in [0, 0.05) is 25.3 Å². The molecule has 2 aromatic rings. The van der Waals surface area contributed by atoms with Gasteiger partial charge in [-0.25, -0.2) is 8.78 Å². The quantitative estimate of drug-likeness (QED) is 0.935. The third-order valence-corrected chi connectivity index (χ3v) is 3.90. The molecule has 1 aromatic carbocycles. The van der Waals surface area contributed by atoms with Crippen LogP contribution in [-0.4, -0.2) is 29.9 Å². The Morgan fingerprint density at radius 3 is 2.55 bits per heavy atom. The molecule has 1 aliphatic heterocycles. The highest BCUT2D eigenvalue weighted by atomic mass is 35.5. The van der Waals surface area contributed by atoms with Gasteiger partial charge in [-0.1, -0.05) is 5.16 Å². The van der Waals surface area contributed by atoms with E-state index in [0.717, 1.165) is 12.1 Å². The molecule has 0 radical (unpaired) electrons. The van der Waals surface area contributed by atoms with Crippen molar-refractivity contribution in [3.8, 4) is 11.4 Å². The summed E-state index contributed by atoms with van der Waals surface area (Å²) < 4.78 is 36.9. The number of ether oxygens (including phenoxy) is 1. The van der Waals surface area contributed by atoms with Gasteiger partial charge in [-0.3, -0.25) is 0 Å². The minimum Gasteiger partial charge on any atom is -0.381 e. The zero-order valence-electron chi connectivity index (χ0n) is 11.7. The van der Waals surface area contributed by atoms with E-state index in [4.69, 9.17) is 15.0 Å². The lowest BCUT2D eigenvalue weighted by molar-refractivity contribution is 0.0409. The molecule has 5 nitrogen and oxygen atoms in total. The summed E-state index contributed by atoms with van der Waals surface area (Å²) in [7, 11) is 0. The summed E-state index contributed by atoms with van der Waals surface area (Å²) in [5.41, 5.74) is 5.83. The molecule has 1 saturated heterocycles. The number of halogens is 3. The van der Waals surface area contributed by atoms with Gasteiger partial charge in [-0.05, 0) is 31.0 Å². The van der Waals surface area contributed by atoms with Crippen LogP contribution in [-0.2, 0) is 10.2 Å². The topological polar surface area (TPSA) is 74.2 Å². The van der Waals surface area contributed by atoms with Crippen LogP contribution in [0.5, 0.6) is 0 Å². The summed E-state index contributed by atoms with van der Waals surface area (Å²) in [6.07, 6.45) is 1.39. The maximum Gasteiger partial charge on any atom is 0.234 e. The third kappa shape index (κ3) is 2.97. The third-order valence-electron chi connectivity index (χ3n) is 3.90. The van der Waals surface area contributed by atoms with Gasteiger partial charge in [0.05, 0.1) is 5.41 Å². The number of benzene rings is 1. The minimum atomic E-state index is -0.946. The van der Waals surface area contributed by atoms with Crippen molar-refractivity contribution in [3.05, 3.63) is 35.7 Å². The lowest BCUT2D eigenvalue weighted by atomic mass is 9.80. The van der Waals surface area contributed by atoms with E-state index in [-0.39, 0.29) is 18.2 Å². The maximum atomic E-state index is 13.3. The van der Waals surface area contributed by atoms with Crippen molar-refractivity contribution in [2.45, 2.75) is 18.3 Å². The first-order valence-electron chi connectivity index (χ1n) is 6.72. The summed E-state index contributed by atoms with van der Waals surface area (Å²) in [6, 6.07) is 3.49. The summed E-state index contributed by atoms with van der Waals surface area (Å²) >= 11 is 0. The summed E-state index contributed by atoms with van der Waals surface area (Å²) in [4.78, 5) is 4.32. The van der Waals surface area contributed by atoms with Crippen molar-refractivity contribution in [1.29, 1.82) is 0 Å². The van der Waals surface area contributed by atoms with Gasteiger partial charge < -0.3 is 15.0 Å². The van der Waals surface area contributed by atoms with Crippen LogP contribution >= 0.6 is 12.4 Å². The van der Waals surface area contributed by atoms with Gasteiger partial charge in [0.25, 0.3) is 0 Å². The Balaban J connectivity index is 0.00000176. The average molecular weight is 332 g/mol. The Kier molecular flexibility index (Phi) is 5.10. The number of aromatic nitrogens is 2. The number of nitrogens with zero attached hydrogens (tertiary/aromatic N) is 2. The van der Waals surface area contributed by atoms with Crippen LogP contribution < -0.4 is 5.73 Å². The fourth-order valence-corrected chi connectivity index (χ4v) is 2.46. The Bertz CT molecular complexity index is 645. The monoisotopic (exact) mass is 331 g/mol. The summed E-state index contributed by atoms with van der Waals surface area (Å²) in [6.45, 7) is 1.54. The predicted molar refractivity (Wildman–Crippen MR) is 77.7 cm³/mol. The number of hydrogen-bond donors (Lipinski definition) is 1. The van der Waals surface area contributed by atoms with E-state index < -0.39 is 17.0 Å². The molecule has 0 bridgehead atoms. The lowest BCUT2D eigenvalue weighted by Gasteiger charge is -2.32. The van der Waals surface area contributed by atoms with E-state index in [2.05, 4.69) is 10.1 Å². The van der Waals surface area contributed by atoms with E-state index in [9.17, 15) is 8.78 Å². The van der Waals surface area contributed by atoms with Crippen LogP contribution in [0.3, 0.4) is 0 Å². The molecule has 0 unspecified atom stereocenters. The second-order valence-corrected chi connectivity index (χ2v) is 5.15. The van der Waals surface area contributed by atoms with E-state index in [1.165, 1.54) is 6.07 Å². The van der Waals surface area contributed by atoms with Crippen LogP contribution in [0.15, 0.2) is 22.7 Å². The standard InChI is InChI=1S/C14H15F2N3O2.ClH/c15-10-2-1-9(7-11(10)16)12-18-13(21-19-12)14(8-17)3-5-20-6-4-14;/h1-2,7H,3-6,8,17H2;1H. The SMILES string of the molecule is Cl.NCC1(c2nc(-c3ccc(F)c(F)c3)no2)CCOCC1. The number of hydrogen-bond acceptors (Lipinski definition) is 5. The van der Waals surface area contributed by atoms with Crippen molar-refractivity contribution < 1.29 is 18.0 Å². The van der Waals surface area contributed by atoms with Crippen LogP contribution in [0.25, 0.3) is 11.4 Å². The summed E-state index contributed by atoms with van der Waals surface area (Å²) in [5, 5.41) is 3.85. The molecule has 8 heteroatoms. The second-order valence-electron chi connectivity index (χ2n) is 5.15. The molecule has 0 amide bonds. The smallest absolute Gasteiger partial charge is 0.234 e. The Labute approximate surface area is 132 Å². The zero-order chi connectivity index (χ0) is 14.9. The molecule has 0 aliphatic carbocycles. The highest BCUT2D eigenvalue weighted by Gasteiger charge is 2.38. The van der Waals surface area contributed by atoms with E-state index in [1.54, 1.807) is 0 Å². The molecular formula is C14H16ClF2N3O2. The molecule has 3 rings (SSSR count). The molecular weight excluding hydrogens is 316 g/mol. The minimum absolute atomic E-state index is 0. The van der Waals surface area contributed by atoms with Gasteiger partial charge in [-0.2, -0.15) is 4.98 Å². The first kappa shape index (κ1) is 16.8. The maximum absolute atomic E-state index is 13.3. The molecule has 1 fully saturated rings. The summed E-state index contributed by atoms with van der Waals surface area (Å²) in [5.74, 6) is -1.21. The van der Waals surface area contributed by atoms with Crippen molar-refractivity contribution in [2.24, 2.45) is 5.73 Å². The van der Waals surface area contributed by atoms with E-state index in [0.29, 0.717) is 44.1 Å². The lowest BCUT2D eigenvalue weighted by Crippen LogP contribution is -2.40. The Morgan fingerprint density at radius 2 is 1.91 bits per heavy atom. The van der Waals surface area contributed by atoms with Gasteiger partial charge in [-0.15, -0.1) is 12.4 Å². The Morgan fingerprint density at radius 1 is 1.18 bits per heavy atom. The van der Waals surface area contributed by atoms with Gasteiger partial charge in [0.2, 0.25) is 11.7 Å². The molecule has 0 spiro atoms. The first-order chi connectivity index (χ1) is 10.1. The fourth-order valence-electron chi connectivity index (χ4n) is 2.46. The molecule has 2 heterocycles.